The summed E-state index contributed by atoms with van der Waals surface area (Å²) in [6, 6.07) is 15.1. The van der Waals surface area contributed by atoms with E-state index in [9.17, 15) is 14.7 Å². The van der Waals surface area contributed by atoms with Crippen LogP contribution < -0.4 is 9.79 Å². The van der Waals surface area contributed by atoms with Crippen molar-refractivity contribution in [2.24, 2.45) is 0 Å². The van der Waals surface area contributed by atoms with Crippen LogP contribution in [0.3, 0.4) is 0 Å². The molecule has 0 radical (unpaired) electrons. The molecule has 8 nitrogen and oxygen atoms in total. The average molecular weight is 359 g/mol. The number of fused-ring (bicyclic) bond motifs is 2. The maximum Gasteiger partial charge on any atom is 0.293 e. The molecule has 1 aliphatic rings. The molecule has 8 heteroatoms. The van der Waals surface area contributed by atoms with Gasteiger partial charge in [0.1, 0.15) is 5.56 Å². The van der Waals surface area contributed by atoms with Gasteiger partial charge in [0, 0.05) is 23.3 Å². The standard InChI is InChI=1S/C19H9N3O5/c23-16-11-8-4-5-9-12(11)17(24)18-13(16)14(20-26-18)15-19(25)27-21-22(15)10-6-2-1-3-7-10/h1-9H. The molecule has 0 saturated carbocycles. The SMILES string of the molecule is O=C1c2ccccc2C(=O)c2c(-c3c([O-])on[n+]3-c3ccccc3)noc21. The highest BCUT2D eigenvalue weighted by Gasteiger charge is 2.40. The van der Waals surface area contributed by atoms with E-state index in [2.05, 4.69) is 10.4 Å². The van der Waals surface area contributed by atoms with Gasteiger partial charge in [-0.1, -0.05) is 47.6 Å². The van der Waals surface area contributed by atoms with E-state index in [4.69, 9.17) is 9.05 Å². The fourth-order valence-corrected chi connectivity index (χ4v) is 3.14. The van der Waals surface area contributed by atoms with Crippen LogP contribution >= 0.6 is 0 Å². The van der Waals surface area contributed by atoms with Crippen molar-refractivity contribution in [3.8, 4) is 23.0 Å². The first kappa shape index (κ1) is 15.2. The molecular weight excluding hydrogens is 350 g/mol. The molecule has 0 fully saturated rings. The van der Waals surface area contributed by atoms with Crippen LogP contribution in [-0.2, 0) is 0 Å². The van der Waals surface area contributed by atoms with Crippen molar-refractivity contribution < 1.29 is 28.4 Å². The van der Waals surface area contributed by atoms with Crippen LogP contribution in [0.15, 0.2) is 63.6 Å². The van der Waals surface area contributed by atoms with Gasteiger partial charge >= 0.3 is 0 Å². The molecule has 27 heavy (non-hydrogen) atoms. The van der Waals surface area contributed by atoms with Crippen LogP contribution in [0.2, 0.25) is 0 Å². The van der Waals surface area contributed by atoms with Crippen molar-refractivity contribution in [1.29, 1.82) is 0 Å². The summed E-state index contributed by atoms with van der Waals surface area (Å²) >= 11 is 0. The zero-order valence-electron chi connectivity index (χ0n) is 13.6. The summed E-state index contributed by atoms with van der Waals surface area (Å²) in [5.74, 6) is -1.91. The van der Waals surface area contributed by atoms with Crippen LogP contribution in [0.4, 0.5) is 0 Å². The Morgan fingerprint density at radius 2 is 1.52 bits per heavy atom. The summed E-state index contributed by atoms with van der Waals surface area (Å²) < 4.78 is 11.2. The van der Waals surface area contributed by atoms with Crippen LogP contribution in [0, 0.1) is 0 Å². The zero-order chi connectivity index (χ0) is 18.5. The Hall–Kier alpha value is -4.07. The van der Waals surface area contributed by atoms with Gasteiger partial charge in [0.2, 0.25) is 17.2 Å². The summed E-state index contributed by atoms with van der Waals surface area (Å²) in [6.45, 7) is 0. The number of benzene rings is 2. The van der Waals surface area contributed by atoms with Gasteiger partial charge in [-0.3, -0.25) is 9.59 Å². The molecule has 5 rings (SSSR count). The highest BCUT2D eigenvalue weighted by atomic mass is 16.6. The molecule has 0 spiro atoms. The number of hydrogen-bond acceptors (Lipinski definition) is 7. The third-order valence-electron chi connectivity index (χ3n) is 4.38. The molecule has 130 valence electrons. The minimum Gasteiger partial charge on any atom is -0.539 e. The minimum absolute atomic E-state index is 0.0660. The number of hydrogen-bond donors (Lipinski definition) is 0. The first-order valence-corrected chi connectivity index (χ1v) is 7.99. The van der Waals surface area contributed by atoms with E-state index < -0.39 is 17.5 Å². The summed E-state index contributed by atoms with van der Waals surface area (Å²) in [4.78, 5) is 25.6. The topological polar surface area (TPSA) is 113 Å². The van der Waals surface area contributed by atoms with Gasteiger partial charge in [-0.15, -0.1) is 0 Å². The molecule has 2 aromatic heterocycles. The molecule has 0 N–H and O–H groups in total. The highest BCUT2D eigenvalue weighted by Crippen LogP contribution is 2.35. The van der Waals surface area contributed by atoms with Gasteiger partial charge in [-0.05, 0) is 4.68 Å². The molecule has 0 bridgehead atoms. The third-order valence-corrected chi connectivity index (χ3v) is 4.38. The number of carbonyl (C=O) groups excluding carboxylic acids is 2. The Labute approximate surface area is 151 Å². The van der Waals surface area contributed by atoms with Crippen molar-refractivity contribution in [3.63, 3.8) is 0 Å². The second-order valence-corrected chi connectivity index (χ2v) is 5.90. The van der Waals surface area contributed by atoms with Crippen molar-refractivity contribution in [2.75, 3.05) is 0 Å². The molecule has 0 saturated heterocycles. The first-order chi connectivity index (χ1) is 13.2. The van der Waals surface area contributed by atoms with Gasteiger partial charge in [0.25, 0.3) is 5.69 Å². The van der Waals surface area contributed by atoms with Gasteiger partial charge in [-0.2, -0.15) is 0 Å². The van der Waals surface area contributed by atoms with Crippen LogP contribution in [0.25, 0.3) is 17.1 Å². The molecule has 0 atom stereocenters. The quantitative estimate of drug-likeness (QED) is 0.438. The van der Waals surface area contributed by atoms with Crippen LogP contribution in [0.1, 0.15) is 32.0 Å². The molecule has 1 aliphatic carbocycles. The largest absolute Gasteiger partial charge is 0.539 e. The van der Waals surface area contributed by atoms with E-state index in [1.54, 1.807) is 54.6 Å². The number of ketones is 2. The third kappa shape index (κ3) is 2.07. The molecule has 0 amide bonds. The maximum atomic E-state index is 13.0. The lowest BCUT2D eigenvalue weighted by Gasteiger charge is -2.11. The number of aromatic nitrogens is 3. The number of rotatable bonds is 2. The number of nitrogens with zero attached hydrogens (tertiary/aromatic N) is 3. The summed E-state index contributed by atoms with van der Waals surface area (Å²) in [5.41, 5.74) is 0.768. The van der Waals surface area contributed by atoms with E-state index in [1.165, 1.54) is 4.68 Å². The van der Waals surface area contributed by atoms with E-state index in [0.29, 0.717) is 5.69 Å². The van der Waals surface area contributed by atoms with Crippen molar-refractivity contribution in [2.45, 2.75) is 0 Å². The van der Waals surface area contributed by atoms with Crippen LogP contribution in [-0.4, -0.2) is 22.0 Å². The Morgan fingerprint density at radius 1 is 0.852 bits per heavy atom. The summed E-state index contributed by atoms with van der Waals surface area (Å²) in [5, 5.41) is 19.9. The van der Waals surface area contributed by atoms with Crippen LogP contribution in [0.5, 0.6) is 5.95 Å². The minimum atomic E-state index is -0.797. The van der Waals surface area contributed by atoms with E-state index in [1.807, 2.05) is 0 Å². The average Bonchev–Trinajstić information content (AvgIpc) is 3.30. The lowest BCUT2D eigenvalue weighted by atomic mass is 9.87. The lowest BCUT2D eigenvalue weighted by molar-refractivity contribution is -0.660. The predicted molar refractivity (Wildman–Crippen MR) is 86.3 cm³/mol. The van der Waals surface area contributed by atoms with Crippen molar-refractivity contribution >= 4 is 11.6 Å². The monoisotopic (exact) mass is 359 g/mol. The molecule has 2 aromatic carbocycles. The first-order valence-electron chi connectivity index (χ1n) is 7.99. The normalized spacial score (nSPS) is 12.7. The van der Waals surface area contributed by atoms with Gasteiger partial charge in [0.05, 0.1) is 5.27 Å². The van der Waals surface area contributed by atoms with E-state index >= 15 is 0 Å². The second kappa shape index (κ2) is 5.46. The second-order valence-electron chi connectivity index (χ2n) is 5.90. The highest BCUT2D eigenvalue weighted by molar-refractivity contribution is 6.28. The Balaban J connectivity index is 1.75. The smallest absolute Gasteiger partial charge is 0.293 e. The molecule has 0 aliphatic heterocycles. The lowest BCUT2D eigenvalue weighted by Crippen LogP contribution is -2.35. The predicted octanol–water partition coefficient (Wildman–Crippen LogP) is 1.46. The van der Waals surface area contributed by atoms with Crippen molar-refractivity contribution in [1.82, 2.24) is 10.4 Å². The Kier molecular flexibility index (Phi) is 3.08. The summed E-state index contributed by atoms with van der Waals surface area (Å²) in [7, 11) is 0. The summed E-state index contributed by atoms with van der Waals surface area (Å²) in [6.07, 6.45) is 0. The van der Waals surface area contributed by atoms with Gasteiger partial charge in [-0.25, -0.2) is 0 Å². The molecule has 2 heterocycles. The maximum absolute atomic E-state index is 13.0. The number of para-hydroxylation sites is 1. The van der Waals surface area contributed by atoms with Gasteiger partial charge in [0.15, 0.2) is 17.4 Å². The Bertz CT molecular complexity index is 1220. The molecular formula is C19H9N3O5. The Morgan fingerprint density at radius 3 is 2.26 bits per heavy atom. The van der Waals surface area contributed by atoms with Gasteiger partial charge < -0.3 is 14.2 Å². The zero-order valence-corrected chi connectivity index (χ0v) is 13.6. The van der Waals surface area contributed by atoms with E-state index in [0.717, 1.165) is 0 Å². The molecule has 0 unspecified atom stereocenters. The number of carbonyl (C=O) groups is 2. The molecule has 4 aromatic rings. The van der Waals surface area contributed by atoms with Crippen molar-refractivity contribution in [3.05, 3.63) is 77.0 Å². The fourth-order valence-electron chi connectivity index (χ4n) is 3.14. The van der Waals surface area contributed by atoms with E-state index in [-0.39, 0.29) is 33.8 Å². The fraction of sp³-hybridized carbons (Fsp3) is 0.